The molecule has 0 amide bonds. The number of hydrogen-bond acceptors (Lipinski definition) is 7. The first-order valence-corrected chi connectivity index (χ1v) is 13.0. The van der Waals surface area contributed by atoms with Gasteiger partial charge < -0.3 is 9.84 Å². The molecule has 7 nitrogen and oxygen atoms in total. The van der Waals surface area contributed by atoms with Crippen LogP contribution in [-0.2, 0) is 28.7 Å². The molecular formula is C26H34ClFO7. The van der Waals surface area contributed by atoms with Crippen molar-refractivity contribution in [2.24, 2.45) is 40.4 Å². The zero-order chi connectivity index (χ0) is 26.3. The van der Waals surface area contributed by atoms with Crippen molar-refractivity contribution in [3.63, 3.8) is 0 Å². The molecule has 1 N–H and O–H groups in total. The molecule has 0 bridgehead atoms. The van der Waals surface area contributed by atoms with Crippen LogP contribution in [0.3, 0.4) is 0 Å². The number of aliphatic hydroxyl groups excluding tert-OH is 1. The van der Waals surface area contributed by atoms with Crippen LogP contribution < -0.4 is 0 Å². The number of carbonyl (C=O) groups is 5. The number of Topliss-reactive ketones (excluding diaryl/α,β-unsaturated/α-hetero) is 4. The molecule has 10 atom stereocenters. The predicted molar refractivity (Wildman–Crippen MR) is 123 cm³/mol. The number of rotatable bonds is 4. The third kappa shape index (κ3) is 2.95. The predicted octanol–water partition coefficient (Wildman–Crippen LogP) is 3.01. The molecule has 35 heavy (non-hydrogen) atoms. The van der Waals surface area contributed by atoms with Crippen LogP contribution in [0.25, 0.3) is 0 Å². The molecule has 9 heteroatoms. The number of carbonyl (C=O) groups excluding carboxylic acids is 5. The summed E-state index contributed by atoms with van der Waals surface area (Å²) >= 11 is 6.00. The van der Waals surface area contributed by atoms with Gasteiger partial charge in [-0.05, 0) is 38.0 Å². The Hall–Kier alpha value is -1.67. The van der Waals surface area contributed by atoms with E-state index in [4.69, 9.17) is 16.3 Å². The number of hydrogen-bond donors (Lipinski definition) is 1. The highest BCUT2D eigenvalue weighted by Crippen LogP contribution is 2.72. The van der Waals surface area contributed by atoms with E-state index < -0.39 is 99.2 Å². The summed E-state index contributed by atoms with van der Waals surface area (Å²) in [4.78, 5) is 64.3. The molecule has 194 valence electrons. The van der Waals surface area contributed by atoms with Crippen LogP contribution in [0.5, 0.6) is 0 Å². The Labute approximate surface area is 209 Å². The van der Waals surface area contributed by atoms with E-state index in [1.165, 1.54) is 6.92 Å². The zero-order valence-corrected chi connectivity index (χ0v) is 21.6. The number of esters is 1. The van der Waals surface area contributed by atoms with E-state index in [2.05, 4.69) is 0 Å². The molecule has 4 fully saturated rings. The Morgan fingerprint density at radius 2 is 1.77 bits per heavy atom. The molecular weight excluding hydrogens is 479 g/mol. The lowest BCUT2D eigenvalue weighted by Crippen LogP contribution is -2.75. The van der Waals surface area contributed by atoms with E-state index in [9.17, 15) is 29.1 Å². The highest BCUT2D eigenvalue weighted by Gasteiger charge is 2.80. The van der Waals surface area contributed by atoms with Gasteiger partial charge in [-0.1, -0.05) is 27.7 Å². The van der Waals surface area contributed by atoms with Crippen LogP contribution in [0.1, 0.15) is 66.7 Å². The van der Waals surface area contributed by atoms with Crippen LogP contribution in [0.2, 0.25) is 0 Å². The van der Waals surface area contributed by atoms with Crippen LogP contribution >= 0.6 is 11.6 Å². The van der Waals surface area contributed by atoms with Crippen molar-refractivity contribution in [3.05, 3.63) is 0 Å². The fourth-order valence-corrected chi connectivity index (χ4v) is 8.97. The van der Waals surface area contributed by atoms with Gasteiger partial charge in [0.25, 0.3) is 0 Å². The van der Waals surface area contributed by atoms with Gasteiger partial charge in [-0.15, -0.1) is 11.6 Å². The fraction of sp³-hybridized carbons (Fsp3) is 0.808. The number of aliphatic hydroxyl groups is 1. The second kappa shape index (κ2) is 8.17. The minimum Gasteiger partial charge on any atom is -0.450 e. The van der Waals surface area contributed by atoms with E-state index in [0.717, 1.165) is 0 Å². The fourth-order valence-electron chi connectivity index (χ4n) is 8.77. The SMILES string of the molecule is CCC(=O)O[C@]1(C(=O)CCl)[C@@H](C)C[C@H]2[C@@H]3C[C@H](C)C4C(=O)C(=O)CC(=O)[C@]4(C)[C@@]3(F)[C@@H](O)C[C@@]21C. The molecule has 4 saturated carbocycles. The van der Waals surface area contributed by atoms with Gasteiger partial charge in [0, 0.05) is 29.6 Å². The summed E-state index contributed by atoms with van der Waals surface area (Å²) in [5, 5.41) is 11.5. The van der Waals surface area contributed by atoms with Crippen molar-refractivity contribution >= 4 is 40.7 Å². The molecule has 0 heterocycles. The van der Waals surface area contributed by atoms with Crippen molar-refractivity contribution in [1.29, 1.82) is 0 Å². The van der Waals surface area contributed by atoms with Crippen LogP contribution in [0.15, 0.2) is 0 Å². The summed E-state index contributed by atoms with van der Waals surface area (Å²) in [6.45, 7) is 8.24. The normalized spacial score (nSPS) is 49.2. The first-order valence-electron chi connectivity index (χ1n) is 12.5. The zero-order valence-electron chi connectivity index (χ0n) is 20.9. The molecule has 0 aromatic heterocycles. The summed E-state index contributed by atoms with van der Waals surface area (Å²) in [7, 11) is 0. The molecule has 0 radical (unpaired) electrons. The quantitative estimate of drug-likeness (QED) is 0.266. The number of fused-ring (bicyclic) bond motifs is 5. The van der Waals surface area contributed by atoms with E-state index in [1.54, 1.807) is 27.7 Å². The van der Waals surface area contributed by atoms with E-state index in [0.29, 0.717) is 6.42 Å². The third-order valence-electron chi connectivity index (χ3n) is 10.3. The summed E-state index contributed by atoms with van der Waals surface area (Å²) in [6.07, 6.45) is -2.13. The number of halogens is 2. The maximum atomic E-state index is 17.5. The van der Waals surface area contributed by atoms with Crippen molar-refractivity contribution in [3.8, 4) is 0 Å². The van der Waals surface area contributed by atoms with E-state index in [-0.39, 0.29) is 19.3 Å². The van der Waals surface area contributed by atoms with Crippen molar-refractivity contribution in [1.82, 2.24) is 0 Å². The Bertz CT molecular complexity index is 1010. The highest BCUT2D eigenvalue weighted by atomic mass is 35.5. The molecule has 0 saturated heterocycles. The lowest BCUT2D eigenvalue weighted by molar-refractivity contribution is -0.254. The van der Waals surface area contributed by atoms with Crippen molar-refractivity contribution in [2.75, 3.05) is 5.88 Å². The topological polar surface area (TPSA) is 115 Å². The Morgan fingerprint density at radius 1 is 1.14 bits per heavy atom. The number of alkyl halides is 2. The van der Waals surface area contributed by atoms with E-state index >= 15 is 4.39 Å². The van der Waals surface area contributed by atoms with Gasteiger partial charge in [-0.25, -0.2) is 4.39 Å². The summed E-state index contributed by atoms with van der Waals surface area (Å²) in [5.41, 5.74) is -7.12. The van der Waals surface area contributed by atoms with Crippen molar-refractivity contribution in [2.45, 2.75) is 84.1 Å². The molecule has 4 aliphatic rings. The molecule has 4 aliphatic carbocycles. The van der Waals surface area contributed by atoms with Gasteiger partial charge >= 0.3 is 5.97 Å². The smallest absolute Gasteiger partial charge is 0.306 e. The van der Waals surface area contributed by atoms with Crippen LogP contribution in [0, 0.1) is 40.4 Å². The maximum Gasteiger partial charge on any atom is 0.306 e. The van der Waals surface area contributed by atoms with Gasteiger partial charge in [0.2, 0.25) is 11.6 Å². The Balaban J connectivity index is 1.90. The second-order valence-electron chi connectivity index (χ2n) is 11.7. The van der Waals surface area contributed by atoms with Crippen molar-refractivity contribution < 1.29 is 38.2 Å². The summed E-state index contributed by atoms with van der Waals surface area (Å²) < 4.78 is 23.4. The molecule has 0 aromatic carbocycles. The second-order valence-corrected chi connectivity index (χ2v) is 11.9. The number of ether oxygens (including phenoxy) is 1. The molecule has 0 aromatic rings. The van der Waals surface area contributed by atoms with Crippen LogP contribution in [-0.4, -0.2) is 57.5 Å². The van der Waals surface area contributed by atoms with Gasteiger partial charge in [-0.2, -0.15) is 0 Å². The minimum absolute atomic E-state index is 0.0330. The molecule has 0 spiro atoms. The monoisotopic (exact) mass is 512 g/mol. The van der Waals surface area contributed by atoms with Gasteiger partial charge in [0.15, 0.2) is 22.8 Å². The lowest BCUT2D eigenvalue weighted by Gasteiger charge is -2.65. The summed E-state index contributed by atoms with van der Waals surface area (Å²) in [5.74, 6) is -7.25. The average Bonchev–Trinajstić information content (AvgIpc) is 3.01. The Morgan fingerprint density at radius 3 is 2.34 bits per heavy atom. The summed E-state index contributed by atoms with van der Waals surface area (Å²) in [6, 6.07) is 0. The highest BCUT2D eigenvalue weighted by molar-refractivity contribution is 6.44. The van der Waals surface area contributed by atoms with Gasteiger partial charge in [0.1, 0.15) is 0 Å². The first kappa shape index (κ1) is 26.4. The lowest BCUT2D eigenvalue weighted by atomic mass is 9.40. The van der Waals surface area contributed by atoms with Gasteiger partial charge in [-0.3, -0.25) is 24.0 Å². The third-order valence-corrected chi connectivity index (χ3v) is 10.5. The van der Waals surface area contributed by atoms with E-state index in [1.807, 2.05) is 0 Å². The Kier molecular flexibility index (Phi) is 6.16. The van der Waals surface area contributed by atoms with Crippen LogP contribution in [0.4, 0.5) is 4.39 Å². The molecule has 4 rings (SSSR count). The molecule has 0 aliphatic heterocycles. The first-order chi connectivity index (χ1) is 16.2. The molecule has 1 unspecified atom stereocenters. The standard InChI is InChI=1S/C26H34ClFO7/c1-6-20(33)35-26(19(32)11-27)13(3)8-14-15-7-12(2)21-22(34)16(29)9-17(30)24(21,5)25(15,28)18(31)10-23(14,26)4/h12-15,18,21,31H,6-11H2,1-5H3/t12-,13-,14-,15-,18-,21?,23-,24-,25-,26-/m0/s1. The number of ketones is 4. The minimum atomic E-state index is -2.48. The largest absolute Gasteiger partial charge is 0.450 e. The average molecular weight is 513 g/mol. The van der Waals surface area contributed by atoms with Gasteiger partial charge in [0.05, 0.1) is 23.8 Å². The maximum absolute atomic E-state index is 17.5.